The minimum atomic E-state index is -1.39. The molecule has 0 heterocycles. The lowest BCUT2D eigenvalue weighted by Crippen LogP contribution is -2.47. The molecule has 0 aliphatic rings. The number of aliphatic hydroxyl groups is 1. The van der Waals surface area contributed by atoms with Crippen LogP contribution in [0.3, 0.4) is 0 Å². The Bertz CT molecular complexity index is 363. The normalized spacial score (nSPS) is 16.6. The van der Waals surface area contributed by atoms with Crippen LogP contribution in [0, 0.1) is 0 Å². The monoisotopic (exact) mass is 293 g/mol. The molecule has 0 bridgehead atoms. The second-order valence-corrected chi connectivity index (χ2v) is 4.03. The van der Waals surface area contributed by atoms with Crippen LogP contribution in [0.5, 0.6) is 0 Å². The zero-order chi connectivity index (χ0) is 15.9. The molecular weight excluding hydrogens is 274 g/mol. The summed E-state index contributed by atoms with van der Waals surface area (Å²) in [5.41, 5.74) is 15.8. The smallest absolute Gasteiger partial charge is 0.326 e. The van der Waals surface area contributed by atoms with Gasteiger partial charge in [-0.1, -0.05) is 0 Å². The van der Waals surface area contributed by atoms with Crippen molar-refractivity contribution in [1.29, 1.82) is 0 Å². The number of nitrogens with two attached hydrogens (primary N) is 3. The van der Waals surface area contributed by atoms with E-state index in [2.05, 4.69) is 4.74 Å². The molecule has 0 saturated heterocycles. The summed E-state index contributed by atoms with van der Waals surface area (Å²) in [6.45, 7) is 0.167. The molecule has 0 fully saturated rings. The summed E-state index contributed by atoms with van der Waals surface area (Å²) < 4.78 is 9.28. The molecule has 20 heavy (non-hydrogen) atoms. The van der Waals surface area contributed by atoms with Crippen molar-refractivity contribution in [2.75, 3.05) is 13.2 Å². The van der Waals surface area contributed by atoms with Crippen molar-refractivity contribution in [3.8, 4) is 0 Å². The van der Waals surface area contributed by atoms with Crippen molar-refractivity contribution in [3.63, 3.8) is 0 Å². The highest BCUT2D eigenvalue weighted by Crippen LogP contribution is 2.00. The maximum absolute atomic E-state index is 11.5. The summed E-state index contributed by atoms with van der Waals surface area (Å²) in [5.74, 6) is -3.23. The molecule has 0 aromatic carbocycles. The highest BCUT2D eigenvalue weighted by atomic mass is 16.6. The van der Waals surface area contributed by atoms with Crippen molar-refractivity contribution in [1.82, 2.24) is 0 Å². The quantitative estimate of drug-likeness (QED) is 0.281. The molecule has 10 nitrogen and oxygen atoms in total. The summed E-state index contributed by atoms with van der Waals surface area (Å²) >= 11 is 0. The lowest BCUT2D eigenvalue weighted by Gasteiger charge is -2.19. The van der Waals surface area contributed by atoms with E-state index in [4.69, 9.17) is 32.2 Å². The maximum atomic E-state index is 11.5. The number of carbonyl (C=O) groups excluding carboxylic acids is 2. The molecule has 0 amide bonds. The van der Waals surface area contributed by atoms with Gasteiger partial charge >= 0.3 is 17.9 Å². The lowest BCUT2D eigenvalue weighted by atomic mass is 10.2. The average molecular weight is 293 g/mol. The Hall–Kier alpha value is -1.75. The zero-order valence-corrected chi connectivity index (χ0v) is 10.9. The molecule has 0 aromatic heterocycles. The van der Waals surface area contributed by atoms with Crippen LogP contribution in [0.15, 0.2) is 0 Å². The van der Waals surface area contributed by atoms with E-state index >= 15 is 0 Å². The van der Waals surface area contributed by atoms with E-state index in [1.54, 1.807) is 0 Å². The Morgan fingerprint density at radius 1 is 1.10 bits per heavy atom. The van der Waals surface area contributed by atoms with E-state index in [1.165, 1.54) is 6.92 Å². The van der Waals surface area contributed by atoms with Crippen LogP contribution < -0.4 is 17.2 Å². The molecule has 116 valence electrons. The summed E-state index contributed by atoms with van der Waals surface area (Å²) in [5, 5.41) is 17.2. The second-order valence-electron chi connectivity index (χ2n) is 4.03. The highest BCUT2D eigenvalue weighted by molar-refractivity contribution is 5.79. The first kappa shape index (κ1) is 18.2. The Morgan fingerprint density at radius 2 is 1.65 bits per heavy atom. The number of rotatable bonds is 8. The first-order valence-electron chi connectivity index (χ1n) is 5.68. The van der Waals surface area contributed by atoms with Gasteiger partial charge in [0.05, 0.1) is 6.61 Å². The molecule has 0 saturated carbocycles. The van der Waals surface area contributed by atoms with Crippen LogP contribution in [-0.2, 0) is 23.9 Å². The van der Waals surface area contributed by atoms with Crippen molar-refractivity contribution in [2.45, 2.75) is 31.2 Å². The number of carboxylic acids is 1. The fourth-order valence-electron chi connectivity index (χ4n) is 0.966. The Labute approximate surface area is 114 Å². The third kappa shape index (κ3) is 5.93. The Balaban J connectivity index is 4.22. The van der Waals surface area contributed by atoms with Crippen molar-refractivity contribution < 1.29 is 34.1 Å². The van der Waals surface area contributed by atoms with Crippen molar-refractivity contribution in [2.24, 2.45) is 17.2 Å². The van der Waals surface area contributed by atoms with Gasteiger partial charge in [-0.2, -0.15) is 0 Å². The van der Waals surface area contributed by atoms with Gasteiger partial charge in [-0.25, -0.2) is 0 Å². The second kappa shape index (κ2) is 8.43. The molecule has 0 radical (unpaired) electrons. The minimum absolute atomic E-state index is 0.513. The molecular formula is C10H19N3O7. The summed E-state index contributed by atoms with van der Waals surface area (Å²) in [4.78, 5) is 33.1. The number of carbonyl (C=O) groups is 3. The van der Waals surface area contributed by atoms with Gasteiger partial charge in [0.1, 0.15) is 30.8 Å². The minimum Gasteiger partial charge on any atom is -0.480 e. The van der Waals surface area contributed by atoms with Crippen LogP contribution in [-0.4, -0.2) is 65.6 Å². The van der Waals surface area contributed by atoms with E-state index in [0.717, 1.165) is 0 Å². The maximum Gasteiger partial charge on any atom is 0.326 e. The van der Waals surface area contributed by atoms with Crippen LogP contribution in [0.1, 0.15) is 6.92 Å². The first-order chi connectivity index (χ1) is 9.20. The third-order valence-corrected chi connectivity index (χ3v) is 2.30. The molecule has 10 heteroatoms. The predicted octanol–water partition coefficient (Wildman–Crippen LogP) is -3.48. The molecule has 0 aliphatic heterocycles. The summed E-state index contributed by atoms with van der Waals surface area (Å²) in [6, 6.07) is -3.93. The molecule has 0 rings (SSSR count). The largest absolute Gasteiger partial charge is 0.480 e. The summed E-state index contributed by atoms with van der Waals surface area (Å²) in [6.07, 6.45) is -1.10. The van der Waals surface area contributed by atoms with E-state index in [1.807, 2.05) is 0 Å². The van der Waals surface area contributed by atoms with E-state index < -0.39 is 55.4 Å². The van der Waals surface area contributed by atoms with Crippen LogP contribution in [0.25, 0.3) is 0 Å². The SMILES string of the molecule is C[C@@H](OC(=O)[C@@H](N)COC(=O)[C@@H](N)CO)[C@H](N)C(=O)O. The van der Waals surface area contributed by atoms with Crippen LogP contribution in [0.2, 0.25) is 0 Å². The van der Waals surface area contributed by atoms with Gasteiger partial charge in [0.25, 0.3) is 0 Å². The number of esters is 2. The molecule has 4 atom stereocenters. The van der Waals surface area contributed by atoms with Crippen LogP contribution >= 0.6 is 0 Å². The molecule has 0 aliphatic carbocycles. The predicted molar refractivity (Wildman–Crippen MR) is 65.2 cm³/mol. The van der Waals surface area contributed by atoms with Gasteiger partial charge in [0.2, 0.25) is 0 Å². The van der Waals surface area contributed by atoms with Gasteiger partial charge in [0.15, 0.2) is 0 Å². The fraction of sp³-hybridized carbons (Fsp3) is 0.700. The number of ether oxygens (including phenoxy) is 2. The number of aliphatic hydroxyl groups excluding tert-OH is 1. The van der Waals surface area contributed by atoms with E-state index in [-0.39, 0.29) is 0 Å². The molecule has 0 spiro atoms. The van der Waals surface area contributed by atoms with E-state index in [0.29, 0.717) is 0 Å². The molecule has 0 aromatic rings. The standard InChI is InChI=1S/C10H19N3O7/c1-4(7(13)8(15)16)20-10(18)6(12)3-19-9(17)5(11)2-14/h4-7,14H,2-3,11-13H2,1H3,(H,15,16)/t4-,5+,6+,7+/m1/s1. The summed E-state index contributed by atoms with van der Waals surface area (Å²) in [7, 11) is 0. The Kier molecular flexibility index (Phi) is 7.69. The fourth-order valence-corrected chi connectivity index (χ4v) is 0.966. The van der Waals surface area contributed by atoms with Gasteiger partial charge in [-0.05, 0) is 6.92 Å². The van der Waals surface area contributed by atoms with Gasteiger partial charge < -0.3 is 36.9 Å². The lowest BCUT2D eigenvalue weighted by molar-refractivity contribution is -0.157. The number of carboxylic acid groups (broad SMARTS) is 1. The van der Waals surface area contributed by atoms with Crippen molar-refractivity contribution in [3.05, 3.63) is 0 Å². The topological polar surface area (TPSA) is 188 Å². The Morgan fingerprint density at radius 3 is 2.10 bits per heavy atom. The third-order valence-electron chi connectivity index (χ3n) is 2.30. The zero-order valence-electron chi connectivity index (χ0n) is 10.9. The first-order valence-corrected chi connectivity index (χ1v) is 5.68. The number of hydrogen-bond acceptors (Lipinski definition) is 9. The molecule has 8 N–H and O–H groups in total. The highest BCUT2D eigenvalue weighted by Gasteiger charge is 2.27. The van der Waals surface area contributed by atoms with Crippen molar-refractivity contribution >= 4 is 17.9 Å². The average Bonchev–Trinajstić information content (AvgIpc) is 2.41. The number of hydrogen-bond donors (Lipinski definition) is 5. The van der Waals surface area contributed by atoms with Crippen LogP contribution in [0.4, 0.5) is 0 Å². The van der Waals surface area contributed by atoms with Gasteiger partial charge in [0, 0.05) is 0 Å². The number of aliphatic carboxylic acids is 1. The molecule has 0 unspecified atom stereocenters. The van der Waals surface area contributed by atoms with Gasteiger partial charge in [-0.3, -0.25) is 14.4 Å². The van der Waals surface area contributed by atoms with E-state index in [9.17, 15) is 14.4 Å². The van der Waals surface area contributed by atoms with Gasteiger partial charge in [-0.15, -0.1) is 0 Å².